The number of halogens is 6. The van der Waals surface area contributed by atoms with Crippen LogP contribution in [0.5, 0.6) is 0 Å². The van der Waals surface area contributed by atoms with E-state index in [1.807, 2.05) is 0 Å². The molecule has 31 heavy (non-hydrogen) atoms. The summed E-state index contributed by atoms with van der Waals surface area (Å²) in [6.45, 7) is 2.06. The van der Waals surface area contributed by atoms with Gasteiger partial charge in [-0.2, -0.15) is 13.2 Å². The van der Waals surface area contributed by atoms with Crippen LogP contribution in [-0.2, 0) is 6.18 Å². The molecule has 3 aromatic carbocycles. The Balaban J connectivity index is 1.86. The van der Waals surface area contributed by atoms with Gasteiger partial charge in [0.15, 0.2) is 0 Å². The van der Waals surface area contributed by atoms with E-state index in [0.29, 0.717) is 12.2 Å². The molecule has 0 aliphatic heterocycles. The maximum Gasteiger partial charge on any atom is 0.416 e. The predicted octanol–water partition coefficient (Wildman–Crippen LogP) is 7.05. The van der Waals surface area contributed by atoms with Crippen LogP contribution in [0.15, 0.2) is 60.7 Å². The first-order valence-corrected chi connectivity index (χ1v) is 9.49. The molecule has 0 saturated carbocycles. The molecule has 0 fully saturated rings. The van der Waals surface area contributed by atoms with Crippen molar-refractivity contribution in [2.24, 2.45) is 0 Å². The zero-order valence-electron chi connectivity index (χ0n) is 16.1. The van der Waals surface area contributed by atoms with Crippen LogP contribution in [0.4, 0.5) is 39.0 Å². The molecular formula is C22H16ClF5N2O. The quantitative estimate of drug-likeness (QED) is 0.419. The van der Waals surface area contributed by atoms with Crippen LogP contribution >= 0.6 is 11.6 Å². The van der Waals surface area contributed by atoms with Crippen LogP contribution < -0.4 is 10.2 Å². The highest BCUT2D eigenvalue weighted by Crippen LogP contribution is 2.38. The summed E-state index contributed by atoms with van der Waals surface area (Å²) >= 11 is 6.13. The van der Waals surface area contributed by atoms with Crippen molar-refractivity contribution < 1.29 is 26.7 Å². The van der Waals surface area contributed by atoms with Crippen LogP contribution in [0, 0.1) is 11.6 Å². The number of carbonyl (C=O) groups excluding carboxylic acids is 1. The summed E-state index contributed by atoms with van der Waals surface area (Å²) in [6.07, 6.45) is -4.52. The van der Waals surface area contributed by atoms with Crippen molar-refractivity contribution in [1.29, 1.82) is 0 Å². The van der Waals surface area contributed by atoms with E-state index in [0.717, 1.165) is 30.3 Å². The van der Waals surface area contributed by atoms with Gasteiger partial charge in [-0.25, -0.2) is 8.78 Å². The Morgan fingerprint density at radius 2 is 1.61 bits per heavy atom. The Bertz CT molecular complexity index is 1080. The molecule has 1 amide bonds. The van der Waals surface area contributed by atoms with Gasteiger partial charge in [0.05, 0.1) is 16.3 Å². The minimum atomic E-state index is -4.52. The Labute approximate surface area is 180 Å². The topological polar surface area (TPSA) is 32.3 Å². The Morgan fingerprint density at radius 1 is 1.00 bits per heavy atom. The molecular weight excluding hydrogens is 439 g/mol. The monoisotopic (exact) mass is 454 g/mol. The number of carbonyl (C=O) groups is 1. The highest BCUT2D eigenvalue weighted by atomic mass is 35.5. The molecule has 0 unspecified atom stereocenters. The summed E-state index contributed by atoms with van der Waals surface area (Å²) in [5.74, 6) is -2.95. The molecule has 0 atom stereocenters. The fourth-order valence-electron chi connectivity index (χ4n) is 3.02. The normalized spacial score (nSPS) is 11.3. The molecule has 0 radical (unpaired) electrons. The van der Waals surface area contributed by atoms with Gasteiger partial charge < -0.3 is 10.2 Å². The Hall–Kier alpha value is -3.13. The fraction of sp³-hybridized carbons (Fsp3) is 0.136. The van der Waals surface area contributed by atoms with Crippen LogP contribution in [0.1, 0.15) is 22.8 Å². The molecule has 3 nitrogen and oxygen atoms in total. The minimum absolute atomic E-state index is 0.141. The molecule has 0 aliphatic carbocycles. The fourth-order valence-corrected chi connectivity index (χ4v) is 3.24. The number of rotatable bonds is 5. The molecule has 3 aromatic rings. The lowest BCUT2D eigenvalue weighted by Gasteiger charge is -2.25. The van der Waals surface area contributed by atoms with Gasteiger partial charge in [-0.3, -0.25) is 4.79 Å². The van der Waals surface area contributed by atoms with Gasteiger partial charge >= 0.3 is 6.18 Å². The molecule has 3 rings (SSSR count). The maximum atomic E-state index is 13.8. The number of anilines is 3. The summed E-state index contributed by atoms with van der Waals surface area (Å²) in [4.78, 5) is 13.8. The van der Waals surface area contributed by atoms with E-state index in [-0.39, 0.29) is 16.4 Å². The van der Waals surface area contributed by atoms with Crippen LogP contribution in [-0.4, -0.2) is 12.5 Å². The summed E-state index contributed by atoms with van der Waals surface area (Å²) in [7, 11) is 0. The summed E-state index contributed by atoms with van der Waals surface area (Å²) in [5, 5.41) is 2.53. The van der Waals surface area contributed by atoms with Gasteiger partial charge in [0.2, 0.25) is 0 Å². The van der Waals surface area contributed by atoms with E-state index in [9.17, 15) is 26.7 Å². The summed E-state index contributed by atoms with van der Waals surface area (Å²) < 4.78 is 66.8. The molecule has 9 heteroatoms. The molecule has 0 spiro atoms. The lowest BCUT2D eigenvalue weighted by Crippen LogP contribution is -2.18. The summed E-state index contributed by atoms with van der Waals surface area (Å²) in [6, 6.07) is 12.2. The van der Waals surface area contributed by atoms with Crippen LogP contribution in [0.3, 0.4) is 0 Å². The maximum absolute atomic E-state index is 13.8. The van der Waals surface area contributed by atoms with Gasteiger partial charge in [-0.15, -0.1) is 0 Å². The Kier molecular flexibility index (Phi) is 6.50. The predicted molar refractivity (Wildman–Crippen MR) is 110 cm³/mol. The average molecular weight is 455 g/mol. The number of hydrogen-bond acceptors (Lipinski definition) is 2. The van der Waals surface area contributed by atoms with Gasteiger partial charge in [0.25, 0.3) is 5.91 Å². The lowest BCUT2D eigenvalue weighted by molar-refractivity contribution is -0.137. The Morgan fingerprint density at radius 3 is 2.16 bits per heavy atom. The molecule has 0 heterocycles. The second kappa shape index (κ2) is 8.93. The summed E-state index contributed by atoms with van der Waals surface area (Å²) in [5.41, 5.74) is -0.607. The van der Waals surface area contributed by atoms with E-state index >= 15 is 0 Å². The van der Waals surface area contributed by atoms with E-state index < -0.39 is 34.8 Å². The van der Waals surface area contributed by atoms with E-state index in [2.05, 4.69) is 5.32 Å². The lowest BCUT2D eigenvalue weighted by atomic mass is 10.1. The number of alkyl halides is 3. The number of nitrogens with one attached hydrogen (secondary N) is 1. The second-order valence-electron chi connectivity index (χ2n) is 6.51. The SMILES string of the molecule is CCN(c1ccc(NC(=O)c2c(F)cccc2F)cc1)c1cc(C(F)(F)F)ccc1Cl. The third-order valence-corrected chi connectivity index (χ3v) is 4.83. The molecule has 0 aliphatic rings. The zero-order chi connectivity index (χ0) is 22.8. The van der Waals surface area contributed by atoms with Gasteiger partial charge in [-0.05, 0) is 61.5 Å². The van der Waals surface area contributed by atoms with Gasteiger partial charge in [0, 0.05) is 17.9 Å². The zero-order valence-corrected chi connectivity index (χ0v) is 16.9. The van der Waals surface area contributed by atoms with Crippen molar-refractivity contribution in [2.45, 2.75) is 13.1 Å². The van der Waals surface area contributed by atoms with Crippen molar-refractivity contribution in [3.05, 3.63) is 88.4 Å². The van der Waals surface area contributed by atoms with E-state index in [1.165, 1.54) is 18.2 Å². The highest BCUT2D eigenvalue weighted by Gasteiger charge is 2.31. The molecule has 1 N–H and O–H groups in total. The van der Waals surface area contributed by atoms with E-state index in [1.54, 1.807) is 24.0 Å². The number of hydrogen-bond donors (Lipinski definition) is 1. The average Bonchev–Trinajstić information content (AvgIpc) is 2.70. The smallest absolute Gasteiger partial charge is 0.341 e. The first-order chi connectivity index (χ1) is 14.6. The van der Waals surface area contributed by atoms with Gasteiger partial charge in [0.1, 0.15) is 17.2 Å². The molecule has 0 bridgehead atoms. The molecule has 162 valence electrons. The minimum Gasteiger partial charge on any atom is -0.341 e. The van der Waals surface area contributed by atoms with Crippen LogP contribution in [0.25, 0.3) is 0 Å². The molecule has 0 aromatic heterocycles. The van der Waals surface area contributed by atoms with Crippen molar-refractivity contribution in [2.75, 3.05) is 16.8 Å². The van der Waals surface area contributed by atoms with Crippen molar-refractivity contribution in [1.82, 2.24) is 0 Å². The highest BCUT2D eigenvalue weighted by molar-refractivity contribution is 6.33. The standard InChI is InChI=1S/C22H16ClF5N2O/c1-2-30(19-12-13(22(26,27)28)6-11-16(19)23)15-9-7-14(8-10-15)29-21(31)20-17(24)4-3-5-18(20)25/h3-12H,2H2,1H3,(H,29,31). The number of benzene rings is 3. The number of nitrogens with zero attached hydrogens (tertiary/aromatic N) is 1. The van der Waals surface area contributed by atoms with E-state index in [4.69, 9.17) is 11.6 Å². The van der Waals surface area contributed by atoms with Crippen molar-refractivity contribution >= 4 is 34.6 Å². The second-order valence-corrected chi connectivity index (χ2v) is 6.91. The van der Waals surface area contributed by atoms with Crippen LogP contribution in [0.2, 0.25) is 5.02 Å². The third-order valence-electron chi connectivity index (χ3n) is 4.51. The van der Waals surface area contributed by atoms with Gasteiger partial charge in [-0.1, -0.05) is 17.7 Å². The van der Waals surface area contributed by atoms with Crippen molar-refractivity contribution in [3.63, 3.8) is 0 Å². The third kappa shape index (κ3) is 4.96. The first kappa shape index (κ1) is 22.6. The van der Waals surface area contributed by atoms with Crippen molar-refractivity contribution in [3.8, 4) is 0 Å². The number of amides is 1. The largest absolute Gasteiger partial charge is 0.416 e. The first-order valence-electron chi connectivity index (χ1n) is 9.11. The molecule has 0 saturated heterocycles.